The number of halogens is 1. The summed E-state index contributed by atoms with van der Waals surface area (Å²) in [5, 5.41) is 3.34. The van der Waals surface area contributed by atoms with Crippen molar-refractivity contribution in [3.05, 3.63) is 47.7 Å². The Morgan fingerprint density at radius 2 is 1.86 bits per heavy atom. The van der Waals surface area contributed by atoms with E-state index in [1.807, 2.05) is 31.2 Å². The van der Waals surface area contributed by atoms with Crippen molar-refractivity contribution in [3.63, 3.8) is 0 Å². The summed E-state index contributed by atoms with van der Waals surface area (Å²) in [6, 6.07) is 8.33. The van der Waals surface area contributed by atoms with Crippen LogP contribution in [0.5, 0.6) is 0 Å². The summed E-state index contributed by atoms with van der Waals surface area (Å²) in [5.41, 5.74) is 3.47. The molecule has 0 amide bonds. The summed E-state index contributed by atoms with van der Waals surface area (Å²) >= 11 is 0. The fourth-order valence-corrected chi connectivity index (χ4v) is 2.53. The zero-order valence-electron chi connectivity index (χ0n) is 12.3. The van der Waals surface area contributed by atoms with Crippen LogP contribution in [0.3, 0.4) is 0 Å². The van der Waals surface area contributed by atoms with Gasteiger partial charge >= 0.3 is 0 Å². The number of benzene rings is 1. The Balaban J connectivity index is 2.28. The molecule has 0 fully saturated rings. The van der Waals surface area contributed by atoms with Gasteiger partial charge in [-0.2, -0.15) is 0 Å². The zero-order valence-corrected chi connectivity index (χ0v) is 12.3. The molecule has 0 aliphatic rings. The van der Waals surface area contributed by atoms with E-state index in [0.29, 0.717) is 0 Å². The SMILES string of the molecule is CCNc1c(-c2ccc(F)cc2)nc2cc(C)nc(C)n12. The maximum Gasteiger partial charge on any atom is 0.142 e. The summed E-state index contributed by atoms with van der Waals surface area (Å²) in [5.74, 6) is 1.52. The average Bonchev–Trinajstić information content (AvgIpc) is 2.79. The molecular weight excluding hydrogens is 267 g/mol. The van der Waals surface area contributed by atoms with Gasteiger partial charge in [-0.05, 0) is 45.0 Å². The lowest BCUT2D eigenvalue weighted by molar-refractivity contribution is 0.628. The number of aromatic nitrogens is 3. The van der Waals surface area contributed by atoms with Gasteiger partial charge in [0.1, 0.15) is 28.8 Å². The fraction of sp³-hybridized carbons (Fsp3) is 0.250. The Bertz CT molecular complexity index is 790. The van der Waals surface area contributed by atoms with Crippen molar-refractivity contribution in [2.75, 3.05) is 11.9 Å². The van der Waals surface area contributed by atoms with Gasteiger partial charge in [0.05, 0.1) is 0 Å². The summed E-state index contributed by atoms with van der Waals surface area (Å²) in [7, 11) is 0. The lowest BCUT2D eigenvalue weighted by Gasteiger charge is -2.08. The second-order valence-corrected chi connectivity index (χ2v) is 4.98. The first-order valence-corrected chi connectivity index (χ1v) is 6.96. The summed E-state index contributed by atoms with van der Waals surface area (Å²) in [6.07, 6.45) is 0. The molecule has 0 aliphatic heterocycles. The van der Waals surface area contributed by atoms with Crippen LogP contribution in [0, 0.1) is 19.7 Å². The molecule has 3 rings (SSSR count). The van der Waals surface area contributed by atoms with Gasteiger partial charge in [0.25, 0.3) is 0 Å². The van der Waals surface area contributed by atoms with Crippen molar-refractivity contribution in [2.45, 2.75) is 20.8 Å². The standard InChI is InChI=1S/C16H17FN4/c1-4-18-16-15(12-5-7-13(17)8-6-12)20-14-9-10(2)19-11(3)21(14)16/h5-9,18H,4H2,1-3H3. The van der Waals surface area contributed by atoms with Crippen LogP contribution in [-0.2, 0) is 0 Å². The van der Waals surface area contributed by atoms with Gasteiger partial charge in [-0.25, -0.2) is 14.4 Å². The molecule has 3 aromatic rings. The Labute approximate surface area is 122 Å². The van der Waals surface area contributed by atoms with Crippen molar-refractivity contribution < 1.29 is 4.39 Å². The predicted octanol–water partition coefficient (Wildman–Crippen LogP) is 3.58. The quantitative estimate of drug-likeness (QED) is 0.799. The third kappa shape index (κ3) is 2.35. The molecule has 2 heterocycles. The van der Waals surface area contributed by atoms with Gasteiger partial charge < -0.3 is 5.32 Å². The third-order valence-corrected chi connectivity index (χ3v) is 3.36. The minimum atomic E-state index is -0.249. The maximum absolute atomic E-state index is 13.1. The number of aryl methyl sites for hydroxylation is 2. The van der Waals surface area contributed by atoms with Gasteiger partial charge in [-0.1, -0.05) is 0 Å². The van der Waals surface area contributed by atoms with Crippen LogP contribution >= 0.6 is 0 Å². The summed E-state index contributed by atoms with van der Waals surface area (Å²) < 4.78 is 15.1. The van der Waals surface area contributed by atoms with Gasteiger partial charge in [-0.3, -0.25) is 4.40 Å². The Morgan fingerprint density at radius 1 is 1.14 bits per heavy atom. The molecule has 1 N–H and O–H groups in total. The predicted molar refractivity (Wildman–Crippen MR) is 82.0 cm³/mol. The molecule has 21 heavy (non-hydrogen) atoms. The van der Waals surface area contributed by atoms with E-state index >= 15 is 0 Å². The minimum absolute atomic E-state index is 0.249. The van der Waals surface area contributed by atoms with Crippen LogP contribution in [0.1, 0.15) is 18.4 Å². The van der Waals surface area contributed by atoms with Crippen molar-refractivity contribution in [3.8, 4) is 11.3 Å². The van der Waals surface area contributed by atoms with E-state index < -0.39 is 0 Å². The molecule has 0 saturated heterocycles. The highest BCUT2D eigenvalue weighted by Gasteiger charge is 2.15. The van der Waals surface area contributed by atoms with E-state index in [-0.39, 0.29) is 5.82 Å². The molecule has 0 bridgehead atoms. The highest BCUT2D eigenvalue weighted by Crippen LogP contribution is 2.29. The molecule has 0 saturated carbocycles. The van der Waals surface area contributed by atoms with Gasteiger partial charge in [0.2, 0.25) is 0 Å². The average molecular weight is 284 g/mol. The van der Waals surface area contributed by atoms with E-state index in [9.17, 15) is 4.39 Å². The lowest BCUT2D eigenvalue weighted by Crippen LogP contribution is -2.05. The molecule has 0 unspecified atom stereocenters. The molecule has 2 aromatic heterocycles. The van der Waals surface area contributed by atoms with Crippen LogP contribution in [0.25, 0.3) is 16.9 Å². The monoisotopic (exact) mass is 284 g/mol. The van der Waals surface area contributed by atoms with Crippen LogP contribution in [0.15, 0.2) is 30.3 Å². The van der Waals surface area contributed by atoms with Gasteiger partial charge in [0.15, 0.2) is 0 Å². The number of nitrogens with one attached hydrogen (secondary N) is 1. The summed E-state index contributed by atoms with van der Waals surface area (Å²) in [4.78, 5) is 9.18. The number of rotatable bonds is 3. The van der Waals surface area contributed by atoms with E-state index in [0.717, 1.165) is 40.8 Å². The van der Waals surface area contributed by atoms with E-state index in [4.69, 9.17) is 4.98 Å². The molecule has 108 valence electrons. The second kappa shape index (κ2) is 5.16. The Kier molecular flexibility index (Phi) is 3.33. The third-order valence-electron chi connectivity index (χ3n) is 3.36. The minimum Gasteiger partial charge on any atom is -0.370 e. The van der Waals surface area contributed by atoms with E-state index in [2.05, 4.69) is 10.3 Å². The number of nitrogens with zero attached hydrogens (tertiary/aromatic N) is 3. The molecule has 4 nitrogen and oxygen atoms in total. The first kappa shape index (κ1) is 13.5. The smallest absolute Gasteiger partial charge is 0.142 e. The molecular formula is C16H17FN4. The van der Waals surface area contributed by atoms with Crippen molar-refractivity contribution in [2.24, 2.45) is 0 Å². The zero-order chi connectivity index (χ0) is 15.0. The number of anilines is 1. The van der Waals surface area contributed by atoms with Crippen LogP contribution < -0.4 is 5.32 Å². The topological polar surface area (TPSA) is 42.2 Å². The highest BCUT2D eigenvalue weighted by molar-refractivity contribution is 5.76. The van der Waals surface area contributed by atoms with Gasteiger partial charge in [-0.15, -0.1) is 0 Å². The number of imidazole rings is 1. The van der Waals surface area contributed by atoms with Crippen molar-refractivity contribution in [1.82, 2.24) is 14.4 Å². The molecule has 0 atom stereocenters. The molecule has 0 aliphatic carbocycles. The molecule has 1 aromatic carbocycles. The molecule has 0 radical (unpaired) electrons. The summed E-state index contributed by atoms with van der Waals surface area (Å²) in [6.45, 7) is 6.71. The fourth-order valence-electron chi connectivity index (χ4n) is 2.53. The van der Waals surface area contributed by atoms with Crippen LogP contribution in [0.4, 0.5) is 10.2 Å². The Hall–Kier alpha value is -2.43. The van der Waals surface area contributed by atoms with E-state index in [1.54, 1.807) is 12.1 Å². The number of hydrogen-bond donors (Lipinski definition) is 1. The normalized spacial score (nSPS) is 11.0. The number of hydrogen-bond acceptors (Lipinski definition) is 3. The van der Waals surface area contributed by atoms with Crippen molar-refractivity contribution >= 4 is 11.5 Å². The second-order valence-electron chi connectivity index (χ2n) is 4.98. The maximum atomic E-state index is 13.1. The number of fused-ring (bicyclic) bond motifs is 1. The first-order chi connectivity index (χ1) is 10.1. The Morgan fingerprint density at radius 3 is 2.52 bits per heavy atom. The molecule has 0 spiro atoms. The van der Waals surface area contributed by atoms with Crippen LogP contribution in [-0.4, -0.2) is 20.9 Å². The largest absolute Gasteiger partial charge is 0.370 e. The molecule has 5 heteroatoms. The van der Waals surface area contributed by atoms with Gasteiger partial charge in [0, 0.05) is 23.9 Å². The van der Waals surface area contributed by atoms with E-state index in [1.165, 1.54) is 12.1 Å². The van der Waals surface area contributed by atoms with Crippen molar-refractivity contribution in [1.29, 1.82) is 0 Å². The first-order valence-electron chi connectivity index (χ1n) is 6.96. The lowest BCUT2D eigenvalue weighted by atomic mass is 10.1. The highest BCUT2D eigenvalue weighted by atomic mass is 19.1. The van der Waals surface area contributed by atoms with Crippen LogP contribution in [0.2, 0.25) is 0 Å².